The first kappa shape index (κ1) is 23.1. The highest BCUT2D eigenvalue weighted by Crippen LogP contribution is 2.31. The van der Waals surface area contributed by atoms with Gasteiger partial charge in [-0.15, -0.1) is 0 Å². The van der Waals surface area contributed by atoms with Gasteiger partial charge < -0.3 is 19.4 Å². The van der Waals surface area contributed by atoms with Crippen molar-refractivity contribution in [1.82, 2.24) is 9.55 Å². The molecule has 1 fully saturated rings. The molecule has 1 saturated heterocycles. The van der Waals surface area contributed by atoms with Gasteiger partial charge in [0.15, 0.2) is 0 Å². The second-order valence-electron chi connectivity index (χ2n) is 9.48. The molecule has 0 saturated carbocycles. The number of carboxylic acids is 1. The van der Waals surface area contributed by atoms with Crippen molar-refractivity contribution in [2.75, 3.05) is 13.2 Å². The molecule has 0 unspecified atom stereocenters. The summed E-state index contributed by atoms with van der Waals surface area (Å²) >= 11 is 0. The van der Waals surface area contributed by atoms with Crippen LogP contribution in [0.3, 0.4) is 0 Å². The van der Waals surface area contributed by atoms with Crippen LogP contribution in [0.5, 0.6) is 0 Å². The Morgan fingerprint density at radius 2 is 1.86 bits per heavy atom. The van der Waals surface area contributed by atoms with Crippen LogP contribution in [-0.2, 0) is 11.3 Å². The fraction of sp³-hybridized carbons (Fsp3) is 0.194. The maximum Gasteiger partial charge on any atom is 0.336 e. The van der Waals surface area contributed by atoms with Gasteiger partial charge in [-0.2, -0.15) is 0 Å². The Morgan fingerprint density at radius 3 is 2.70 bits per heavy atom. The van der Waals surface area contributed by atoms with Crippen molar-refractivity contribution in [2.45, 2.75) is 19.4 Å². The minimum absolute atomic E-state index is 0.152. The predicted molar refractivity (Wildman–Crippen MR) is 142 cm³/mol. The molecule has 6 heteroatoms. The molecule has 0 bridgehead atoms. The molecule has 3 aromatic carbocycles. The van der Waals surface area contributed by atoms with Gasteiger partial charge in [-0.3, -0.25) is 0 Å². The van der Waals surface area contributed by atoms with Crippen LogP contribution in [0.25, 0.3) is 32.9 Å². The lowest BCUT2D eigenvalue weighted by Crippen LogP contribution is -2.20. The van der Waals surface area contributed by atoms with Crippen molar-refractivity contribution in [1.29, 1.82) is 0 Å². The third-order valence-electron chi connectivity index (χ3n) is 7.13. The Kier molecular flexibility index (Phi) is 5.99. The summed E-state index contributed by atoms with van der Waals surface area (Å²) in [4.78, 5) is 15.2. The Bertz CT molecular complexity index is 1700. The average Bonchev–Trinajstić information content (AvgIpc) is 3.54. The molecule has 0 spiro atoms. The summed E-state index contributed by atoms with van der Waals surface area (Å²) in [5.74, 6) is 5.12. The number of nitrogens with one attached hydrogen (secondary N) is 1. The number of aromatic nitrogens is 2. The van der Waals surface area contributed by atoms with Crippen molar-refractivity contribution in [3.05, 3.63) is 95.6 Å². The van der Waals surface area contributed by atoms with E-state index in [0.717, 1.165) is 60.0 Å². The number of benzene rings is 3. The van der Waals surface area contributed by atoms with Gasteiger partial charge in [0.2, 0.25) is 0 Å². The summed E-state index contributed by atoms with van der Waals surface area (Å²) in [5, 5.41) is 11.8. The maximum atomic E-state index is 15.2. The van der Waals surface area contributed by atoms with E-state index in [1.54, 1.807) is 30.3 Å². The molecule has 184 valence electrons. The van der Waals surface area contributed by atoms with Gasteiger partial charge in [-0.25, -0.2) is 9.18 Å². The molecule has 0 atom stereocenters. The lowest BCUT2D eigenvalue weighted by atomic mass is 9.93. The van der Waals surface area contributed by atoms with Crippen LogP contribution >= 0.6 is 0 Å². The Morgan fingerprint density at radius 1 is 1.03 bits per heavy atom. The lowest BCUT2D eigenvalue weighted by Gasteiger charge is -2.22. The van der Waals surface area contributed by atoms with Gasteiger partial charge in [0.25, 0.3) is 0 Å². The van der Waals surface area contributed by atoms with Gasteiger partial charge in [0.05, 0.1) is 16.6 Å². The number of rotatable bonds is 4. The number of aromatic amines is 1. The number of carbonyl (C=O) groups is 1. The van der Waals surface area contributed by atoms with Crippen molar-refractivity contribution < 1.29 is 19.0 Å². The summed E-state index contributed by atoms with van der Waals surface area (Å²) in [5.41, 5.74) is 3.96. The number of fused-ring (bicyclic) bond motifs is 2. The van der Waals surface area contributed by atoms with E-state index < -0.39 is 11.8 Å². The maximum absolute atomic E-state index is 15.2. The summed E-state index contributed by atoms with van der Waals surface area (Å²) in [6.07, 6.45) is 5.87. The highest BCUT2D eigenvalue weighted by Gasteiger charge is 2.17. The first-order chi connectivity index (χ1) is 18.1. The van der Waals surface area contributed by atoms with E-state index in [0.29, 0.717) is 17.0 Å². The smallest absolute Gasteiger partial charge is 0.336 e. The Hall–Kier alpha value is -4.34. The first-order valence-electron chi connectivity index (χ1n) is 12.4. The van der Waals surface area contributed by atoms with E-state index in [1.807, 2.05) is 42.7 Å². The summed E-state index contributed by atoms with van der Waals surface area (Å²) in [7, 11) is 0. The summed E-state index contributed by atoms with van der Waals surface area (Å²) in [6.45, 7) is 2.40. The fourth-order valence-electron chi connectivity index (χ4n) is 5.16. The predicted octanol–water partition coefficient (Wildman–Crippen LogP) is 6.45. The molecule has 5 aromatic rings. The largest absolute Gasteiger partial charge is 0.478 e. The quantitative estimate of drug-likeness (QED) is 0.283. The van der Waals surface area contributed by atoms with E-state index in [-0.39, 0.29) is 11.1 Å². The molecule has 1 aliphatic rings. The Labute approximate surface area is 213 Å². The fourth-order valence-corrected chi connectivity index (χ4v) is 5.16. The molecule has 5 nitrogen and oxygen atoms in total. The van der Waals surface area contributed by atoms with Crippen molar-refractivity contribution in [3.63, 3.8) is 0 Å². The van der Waals surface area contributed by atoms with Gasteiger partial charge in [0.1, 0.15) is 5.82 Å². The van der Waals surface area contributed by atoms with Crippen LogP contribution in [0.2, 0.25) is 0 Å². The number of hydrogen-bond donors (Lipinski definition) is 2. The van der Waals surface area contributed by atoms with Crippen LogP contribution in [0, 0.1) is 23.6 Å². The zero-order valence-corrected chi connectivity index (χ0v) is 20.1. The van der Waals surface area contributed by atoms with E-state index in [2.05, 4.69) is 21.4 Å². The molecule has 1 aliphatic heterocycles. The number of halogens is 1. The SMILES string of the molecule is O=C(O)c1cccc(C#Cc2cc3ccn(CC4CCOCC4)c3cc2F)c1-c1ccc2cc[nH]c2c1. The van der Waals surface area contributed by atoms with Gasteiger partial charge in [-0.1, -0.05) is 30.0 Å². The van der Waals surface area contributed by atoms with Crippen molar-refractivity contribution in [2.24, 2.45) is 5.92 Å². The normalized spacial score (nSPS) is 14.1. The molecule has 0 radical (unpaired) electrons. The standard InChI is InChI=1S/C31H25FN2O3/c32-27-18-29-24(9-13-34(29)19-20-10-14-37-15-11-20)16-23(27)6-5-22-2-1-3-26(31(35)36)30(22)25-7-4-21-8-12-33-28(21)17-25/h1-4,7-9,12-13,16-18,20,33H,10-11,14-15,19H2,(H,35,36). The minimum atomic E-state index is -1.04. The monoisotopic (exact) mass is 492 g/mol. The highest BCUT2D eigenvalue weighted by molar-refractivity contribution is 5.99. The first-order valence-corrected chi connectivity index (χ1v) is 12.4. The van der Waals surface area contributed by atoms with Crippen LogP contribution in [0.1, 0.15) is 34.3 Å². The third-order valence-corrected chi connectivity index (χ3v) is 7.13. The number of ether oxygens (including phenoxy) is 1. The minimum Gasteiger partial charge on any atom is -0.478 e. The van der Waals surface area contributed by atoms with E-state index >= 15 is 4.39 Å². The molecule has 0 aliphatic carbocycles. The van der Waals surface area contributed by atoms with Crippen molar-refractivity contribution >= 4 is 27.8 Å². The van der Waals surface area contributed by atoms with E-state index in [9.17, 15) is 9.90 Å². The molecule has 0 amide bonds. The van der Waals surface area contributed by atoms with Crippen LogP contribution in [-0.4, -0.2) is 33.8 Å². The van der Waals surface area contributed by atoms with Gasteiger partial charge in [-0.05, 0) is 72.2 Å². The molecule has 2 aromatic heterocycles. The third kappa shape index (κ3) is 4.50. The zero-order valence-electron chi connectivity index (χ0n) is 20.1. The molecule has 6 rings (SSSR count). The zero-order chi connectivity index (χ0) is 25.4. The van der Waals surface area contributed by atoms with Crippen LogP contribution < -0.4 is 0 Å². The lowest BCUT2D eigenvalue weighted by molar-refractivity contribution is 0.0616. The molecule has 3 heterocycles. The van der Waals surface area contributed by atoms with Crippen molar-refractivity contribution in [3.8, 4) is 23.0 Å². The number of hydrogen-bond acceptors (Lipinski definition) is 2. The molecule has 2 N–H and O–H groups in total. The summed E-state index contributed by atoms with van der Waals surface area (Å²) in [6, 6.07) is 18.0. The number of carboxylic acid groups (broad SMARTS) is 1. The summed E-state index contributed by atoms with van der Waals surface area (Å²) < 4.78 is 22.8. The average molecular weight is 493 g/mol. The van der Waals surface area contributed by atoms with Gasteiger partial charge in [0, 0.05) is 54.2 Å². The van der Waals surface area contributed by atoms with Crippen LogP contribution in [0.15, 0.2) is 73.1 Å². The molecular formula is C31H25FN2O3. The molecular weight excluding hydrogens is 467 g/mol. The van der Waals surface area contributed by atoms with Crippen LogP contribution in [0.4, 0.5) is 4.39 Å². The number of H-pyrrole nitrogens is 1. The van der Waals surface area contributed by atoms with E-state index in [4.69, 9.17) is 4.74 Å². The number of aromatic carboxylic acids is 1. The second kappa shape index (κ2) is 9.61. The number of nitrogens with zero attached hydrogens (tertiary/aromatic N) is 1. The van der Waals surface area contributed by atoms with E-state index in [1.165, 1.54) is 0 Å². The van der Waals surface area contributed by atoms with Gasteiger partial charge >= 0.3 is 5.97 Å². The topological polar surface area (TPSA) is 67.2 Å². The Balaban J connectivity index is 1.38. The molecule has 37 heavy (non-hydrogen) atoms. The highest BCUT2D eigenvalue weighted by atomic mass is 19.1. The second-order valence-corrected chi connectivity index (χ2v) is 9.48.